The van der Waals surface area contributed by atoms with Crippen LogP contribution < -0.4 is 4.80 Å². The highest BCUT2D eigenvalue weighted by Crippen LogP contribution is 2.31. The molecule has 1 fully saturated rings. The molecule has 0 bridgehead atoms. The van der Waals surface area contributed by atoms with Crippen molar-refractivity contribution in [3.8, 4) is 0 Å². The minimum Gasteiger partial charge on any atom is -0.465 e. The summed E-state index contributed by atoms with van der Waals surface area (Å²) < 4.78 is 35.5. The molecule has 0 unspecified atom stereocenters. The quantitative estimate of drug-likeness (QED) is 0.426. The summed E-state index contributed by atoms with van der Waals surface area (Å²) in [5.74, 6) is -1.09. The maximum absolute atomic E-state index is 13.1. The molecule has 0 saturated carbocycles. The number of carbonyl (C=O) groups is 2. The molecular formula is C23H26ClN3O5S3. The number of piperidine rings is 1. The molecule has 8 nitrogen and oxygen atoms in total. The van der Waals surface area contributed by atoms with Gasteiger partial charge >= 0.3 is 5.97 Å². The number of amides is 1. The first-order valence-corrected chi connectivity index (χ1v) is 14.7. The van der Waals surface area contributed by atoms with E-state index in [9.17, 15) is 18.0 Å². The Balaban J connectivity index is 1.58. The van der Waals surface area contributed by atoms with E-state index in [1.807, 2.05) is 19.9 Å². The number of hydrogen-bond donors (Lipinski definition) is 0. The molecule has 0 radical (unpaired) electrons. The highest BCUT2D eigenvalue weighted by Gasteiger charge is 2.33. The molecule has 1 saturated heterocycles. The summed E-state index contributed by atoms with van der Waals surface area (Å²) in [6.45, 7) is 6.41. The van der Waals surface area contributed by atoms with Crippen LogP contribution in [-0.4, -0.2) is 48.9 Å². The largest absolute Gasteiger partial charge is 0.465 e. The third-order valence-corrected chi connectivity index (χ3v) is 10.7. The van der Waals surface area contributed by atoms with E-state index in [0.29, 0.717) is 22.0 Å². The third-order valence-electron chi connectivity index (χ3n) is 5.86. The SMILES string of the molecule is CCOC(=O)Cn1c(=NC(=O)C2CCN(S(=O)(=O)c3ccc(Cl)s3)CC2)sc2c(C)cc(C)cc21. The fourth-order valence-corrected chi connectivity index (χ4v) is 8.37. The van der Waals surface area contributed by atoms with Gasteiger partial charge in [0.25, 0.3) is 15.9 Å². The standard InChI is InChI=1S/C23H26ClN3O5S3/c1-4-32-19(28)13-27-17-12-14(2)11-15(3)21(17)34-23(27)25-22(29)16-7-9-26(10-8-16)35(30,31)20-6-5-18(24)33-20/h5-6,11-12,16H,4,7-10,13H2,1-3H3. The molecule has 188 valence electrons. The van der Waals surface area contributed by atoms with Crippen LogP contribution in [0.25, 0.3) is 10.2 Å². The second kappa shape index (κ2) is 10.5. The fourth-order valence-electron chi connectivity index (χ4n) is 4.18. The first-order chi connectivity index (χ1) is 16.6. The number of ether oxygens (including phenoxy) is 1. The molecule has 35 heavy (non-hydrogen) atoms. The Kier molecular flexibility index (Phi) is 7.82. The highest BCUT2D eigenvalue weighted by molar-refractivity contribution is 7.91. The topological polar surface area (TPSA) is 98.0 Å². The number of thiazole rings is 1. The van der Waals surface area contributed by atoms with E-state index in [4.69, 9.17) is 16.3 Å². The van der Waals surface area contributed by atoms with Crippen LogP contribution in [0.3, 0.4) is 0 Å². The normalized spacial score (nSPS) is 16.2. The minimum atomic E-state index is -3.63. The Morgan fingerprint density at radius 2 is 1.89 bits per heavy atom. The van der Waals surface area contributed by atoms with Gasteiger partial charge in [-0.3, -0.25) is 9.59 Å². The van der Waals surface area contributed by atoms with E-state index in [1.165, 1.54) is 21.7 Å². The summed E-state index contributed by atoms with van der Waals surface area (Å²) in [4.78, 5) is 30.2. The van der Waals surface area contributed by atoms with E-state index >= 15 is 0 Å². The second-order valence-electron chi connectivity index (χ2n) is 8.39. The summed E-state index contributed by atoms with van der Waals surface area (Å²) in [6, 6.07) is 7.09. The molecule has 0 aliphatic carbocycles. The predicted molar refractivity (Wildman–Crippen MR) is 137 cm³/mol. The average Bonchev–Trinajstić information content (AvgIpc) is 3.39. The average molecular weight is 556 g/mol. The molecule has 12 heteroatoms. The van der Waals surface area contributed by atoms with Crippen LogP contribution >= 0.6 is 34.3 Å². The third kappa shape index (κ3) is 5.54. The van der Waals surface area contributed by atoms with Crippen molar-refractivity contribution in [3.05, 3.63) is 44.5 Å². The number of hydrogen-bond acceptors (Lipinski definition) is 7. The summed E-state index contributed by atoms with van der Waals surface area (Å²) in [6.07, 6.45) is 0.753. The molecule has 2 aromatic heterocycles. The lowest BCUT2D eigenvalue weighted by Gasteiger charge is -2.29. The van der Waals surface area contributed by atoms with Gasteiger partial charge in [-0.15, -0.1) is 11.3 Å². The molecule has 3 aromatic rings. The van der Waals surface area contributed by atoms with Gasteiger partial charge in [0.05, 0.1) is 21.2 Å². The van der Waals surface area contributed by atoms with Crippen LogP contribution in [0, 0.1) is 19.8 Å². The Morgan fingerprint density at radius 3 is 2.51 bits per heavy atom. The van der Waals surface area contributed by atoms with Crippen LogP contribution in [-0.2, 0) is 30.9 Å². The van der Waals surface area contributed by atoms with Crippen molar-refractivity contribution in [2.24, 2.45) is 10.9 Å². The molecule has 3 heterocycles. The zero-order valence-electron chi connectivity index (χ0n) is 19.6. The lowest BCUT2D eigenvalue weighted by Crippen LogP contribution is -2.40. The number of aryl methyl sites for hydroxylation is 2. The number of sulfonamides is 1. The number of halogens is 1. The van der Waals surface area contributed by atoms with E-state index in [1.54, 1.807) is 17.6 Å². The van der Waals surface area contributed by atoms with Gasteiger partial charge < -0.3 is 9.30 Å². The molecule has 0 atom stereocenters. The Labute approximate surface area is 216 Å². The number of fused-ring (bicyclic) bond motifs is 1. The van der Waals surface area contributed by atoms with Crippen LogP contribution in [0.5, 0.6) is 0 Å². The molecule has 4 rings (SSSR count). The van der Waals surface area contributed by atoms with Crippen molar-refractivity contribution in [1.82, 2.24) is 8.87 Å². The number of benzene rings is 1. The number of nitrogens with zero attached hydrogens (tertiary/aromatic N) is 3. The number of thiophene rings is 1. The maximum Gasteiger partial charge on any atom is 0.326 e. The first kappa shape index (κ1) is 26.0. The van der Waals surface area contributed by atoms with Gasteiger partial charge in [-0.25, -0.2) is 8.42 Å². The van der Waals surface area contributed by atoms with Crippen molar-refractivity contribution in [2.75, 3.05) is 19.7 Å². The molecule has 1 aromatic carbocycles. The second-order valence-corrected chi connectivity index (χ2v) is 13.3. The van der Waals surface area contributed by atoms with Gasteiger partial charge in [0.2, 0.25) is 0 Å². The monoisotopic (exact) mass is 555 g/mol. The van der Waals surface area contributed by atoms with Crippen LogP contribution in [0.1, 0.15) is 30.9 Å². The Morgan fingerprint density at radius 1 is 1.17 bits per heavy atom. The molecule has 1 amide bonds. The van der Waals surface area contributed by atoms with Gasteiger partial charge in [0, 0.05) is 19.0 Å². The lowest BCUT2D eigenvalue weighted by atomic mass is 9.98. The van der Waals surface area contributed by atoms with Crippen molar-refractivity contribution in [3.63, 3.8) is 0 Å². The Bertz CT molecular complexity index is 1450. The van der Waals surface area contributed by atoms with Crippen molar-refractivity contribution >= 4 is 66.4 Å². The molecule has 1 aliphatic rings. The number of rotatable bonds is 6. The van der Waals surface area contributed by atoms with Crippen molar-refractivity contribution in [1.29, 1.82) is 0 Å². The maximum atomic E-state index is 13.1. The van der Waals surface area contributed by atoms with E-state index < -0.39 is 21.9 Å². The molecule has 0 N–H and O–H groups in total. The van der Waals surface area contributed by atoms with Gasteiger partial charge in [0.15, 0.2) is 4.80 Å². The zero-order valence-corrected chi connectivity index (χ0v) is 22.8. The van der Waals surface area contributed by atoms with Crippen molar-refractivity contribution < 1.29 is 22.7 Å². The van der Waals surface area contributed by atoms with Crippen LogP contribution in [0.15, 0.2) is 33.5 Å². The molecule has 0 spiro atoms. The van der Waals surface area contributed by atoms with Gasteiger partial charge in [-0.2, -0.15) is 9.30 Å². The van der Waals surface area contributed by atoms with E-state index in [2.05, 4.69) is 11.1 Å². The van der Waals surface area contributed by atoms with Gasteiger partial charge in [-0.05, 0) is 62.9 Å². The summed E-state index contributed by atoms with van der Waals surface area (Å²) >= 11 is 8.29. The number of aromatic nitrogens is 1. The molecular weight excluding hydrogens is 530 g/mol. The number of esters is 1. The zero-order chi connectivity index (χ0) is 25.3. The van der Waals surface area contributed by atoms with Gasteiger partial charge in [0.1, 0.15) is 10.8 Å². The molecule has 1 aliphatic heterocycles. The fraction of sp³-hybridized carbons (Fsp3) is 0.435. The summed E-state index contributed by atoms with van der Waals surface area (Å²) in [5.41, 5.74) is 2.93. The predicted octanol–water partition coefficient (Wildman–Crippen LogP) is 4.13. The van der Waals surface area contributed by atoms with Crippen LogP contribution in [0.2, 0.25) is 4.34 Å². The lowest BCUT2D eigenvalue weighted by molar-refractivity contribution is -0.143. The Hall–Kier alpha value is -2.05. The first-order valence-electron chi connectivity index (χ1n) is 11.2. The minimum absolute atomic E-state index is 0.0388. The smallest absolute Gasteiger partial charge is 0.326 e. The number of carbonyl (C=O) groups excluding carboxylic acids is 2. The summed E-state index contributed by atoms with van der Waals surface area (Å²) in [5, 5.41) is 0. The highest BCUT2D eigenvalue weighted by atomic mass is 35.5. The van der Waals surface area contributed by atoms with Gasteiger partial charge in [-0.1, -0.05) is 29.0 Å². The van der Waals surface area contributed by atoms with Crippen LogP contribution in [0.4, 0.5) is 0 Å². The van der Waals surface area contributed by atoms with E-state index in [0.717, 1.165) is 32.7 Å². The van der Waals surface area contributed by atoms with Crippen molar-refractivity contribution in [2.45, 2.75) is 44.4 Å². The summed E-state index contributed by atoms with van der Waals surface area (Å²) in [7, 11) is -3.63. The van der Waals surface area contributed by atoms with E-state index in [-0.39, 0.29) is 36.4 Å².